The fourth-order valence-corrected chi connectivity index (χ4v) is 4.87. The summed E-state index contributed by atoms with van der Waals surface area (Å²) >= 11 is 3.40. The van der Waals surface area contributed by atoms with Gasteiger partial charge in [-0.25, -0.2) is 8.42 Å². The Kier molecular flexibility index (Phi) is 7.30. The first-order valence-electron chi connectivity index (χ1n) is 9.41. The van der Waals surface area contributed by atoms with Crippen molar-refractivity contribution in [3.8, 4) is 5.75 Å². The van der Waals surface area contributed by atoms with Gasteiger partial charge in [0.2, 0.25) is 15.9 Å². The number of piperazine rings is 1. The van der Waals surface area contributed by atoms with Gasteiger partial charge in [0, 0.05) is 48.0 Å². The molecule has 0 saturated carbocycles. The average Bonchev–Trinajstić information content (AvgIpc) is 2.73. The van der Waals surface area contributed by atoms with Gasteiger partial charge in [-0.05, 0) is 55.6 Å². The van der Waals surface area contributed by atoms with Crippen molar-refractivity contribution in [1.82, 2.24) is 9.21 Å². The van der Waals surface area contributed by atoms with E-state index < -0.39 is 10.0 Å². The van der Waals surface area contributed by atoms with E-state index in [9.17, 15) is 13.2 Å². The molecule has 30 heavy (non-hydrogen) atoms. The molecule has 0 aliphatic carbocycles. The van der Waals surface area contributed by atoms with Crippen LogP contribution in [0.2, 0.25) is 0 Å². The van der Waals surface area contributed by atoms with Crippen LogP contribution in [0.25, 0.3) is 6.08 Å². The van der Waals surface area contributed by atoms with Gasteiger partial charge < -0.3 is 15.0 Å². The summed E-state index contributed by atoms with van der Waals surface area (Å²) in [5.41, 5.74) is 1.28. The van der Waals surface area contributed by atoms with Crippen molar-refractivity contribution in [1.29, 1.82) is 0 Å². The number of ether oxygens (including phenoxy) is 1. The number of sulfonamides is 1. The monoisotopic (exact) mass is 493 g/mol. The number of amides is 1. The van der Waals surface area contributed by atoms with Gasteiger partial charge in [0.1, 0.15) is 5.75 Å². The molecule has 1 N–H and O–H groups in total. The second-order valence-corrected chi connectivity index (χ2v) is 9.79. The standard InChI is InChI=1S/C21H24BrN3O4S/c1-24-11-13-25(14-12-24)30(27,28)19-7-5-18(6-8-19)23-21(26)10-3-16-15-17(22)4-9-20(16)29-2/h3-10,15H,11-14H2,1-2H3,(H,23,26)/b10-3+. The Morgan fingerprint density at radius 1 is 1.10 bits per heavy atom. The van der Waals surface area contributed by atoms with Crippen molar-refractivity contribution in [2.45, 2.75) is 4.90 Å². The lowest BCUT2D eigenvalue weighted by molar-refractivity contribution is -0.111. The van der Waals surface area contributed by atoms with Crippen LogP contribution in [-0.2, 0) is 14.8 Å². The third-order valence-corrected chi connectivity index (χ3v) is 7.23. The van der Waals surface area contributed by atoms with Gasteiger partial charge in [-0.2, -0.15) is 4.31 Å². The van der Waals surface area contributed by atoms with Crippen LogP contribution in [0.5, 0.6) is 5.75 Å². The molecule has 0 atom stereocenters. The molecular weight excluding hydrogens is 470 g/mol. The minimum absolute atomic E-state index is 0.222. The Bertz CT molecular complexity index is 1030. The first-order valence-corrected chi connectivity index (χ1v) is 11.6. The number of carbonyl (C=O) groups is 1. The molecule has 2 aromatic carbocycles. The molecule has 1 aliphatic rings. The van der Waals surface area contributed by atoms with E-state index in [1.54, 1.807) is 31.4 Å². The highest BCUT2D eigenvalue weighted by Gasteiger charge is 2.27. The molecule has 1 fully saturated rings. The third-order valence-electron chi connectivity index (χ3n) is 4.83. The summed E-state index contributed by atoms with van der Waals surface area (Å²) in [5, 5.41) is 2.73. The normalized spacial score (nSPS) is 16.0. The number of hydrogen-bond acceptors (Lipinski definition) is 5. The van der Waals surface area contributed by atoms with Gasteiger partial charge in [-0.3, -0.25) is 4.79 Å². The molecular formula is C21H24BrN3O4S. The summed E-state index contributed by atoms with van der Waals surface area (Å²) in [4.78, 5) is 14.6. The first-order chi connectivity index (χ1) is 14.3. The maximum Gasteiger partial charge on any atom is 0.248 e. The van der Waals surface area contributed by atoms with E-state index in [0.29, 0.717) is 37.6 Å². The number of hydrogen-bond donors (Lipinski definition) is 1. The number of benzene rings is 2. The van der Waals surface area contributed by atoms with Gasteiger partial charge >= 0.3 is 0 Å². The lowest BCUT2D eigenvalue weighted by Gasteiger charge is -2.31. The van der Waals surface area contributed by atoms with Gasteiger partial charge in [0.05, 0.1) is 12.0 Å². The zero-order valence-electron chi connectivity index (χ0n) is 16.8. The summed E-state index contributed by atoms with van der Waals surface area (Å²) in [7, 11) is 0.0156. The number of halogens is 1. The summed E-state index contributed by atoms with van der Waals surface area (Å²) in [6.07, 6.45) is 3.06. The third kappa shape index (κ3) is 5.48. The van der Waals surface area contributed by atoms with Crippen LogP contribution in [-0.4, -0.2) is 63.9 Å². The second-order valence-electron chi connectivity index (χ2n) is 6.94. The van der Waals surface area contributed by atoms with Crippen molar-refractivity contribution in [3.05, 3.63) is 58.6 Å². The Morgan fingerprint density at radius 3 is 2.40 bits per heavy atom. The first kappa shape index (κ1) is 22.5. The van der Waals surface area contributed by atoms with E-state index in [1.165, 1.54) is 22.5 Å². The van der Waals surface area contributed by atoms with Crippen molar-refractivity contribution in [2.24, 2.45) is 0 Å². The second kappa shape index (κ2) is 9.74. The van der Waals surface area contributed by atoms with Crippen LogP contribution in [0, 0.1) is 0 Å². The number of nitrogens with zero attached hydrogens (tertiary/aromatic N) is 2. The number of likely N-dealkylation sites (N-methyl/N-ethyl adjacent to an activating group) is 1. The molecule has 0 aromatic heterocycles. The molecule has 3 rings (SSSR count). The fraction of sp³-hybridized carbons (Fsp3) is 0.286. The van der Waals surface area contributed by atoms with E-state index in [2.05, 4.69) is 26.1 Å². The highest BCUT2D eigenvalue weighted by molar-refractivity contribution is 9.10. The molecule has 1 heterocycles. The molecule has 0 bridgehead atoms. The molecule has 0 unspecified atom stereocenters. The summed E-state index contributed by atoms with van der Waals surface area (Å²) in [5.74, 6) is 0.326. The highest BCUT2D eigenvalue weighted by atomic mass is 79.9. The zero-order chi connectivity index (χ0) is 21.7. The van der Waals surface area contributed by atoms with E-state index >= 15 is 0 Å². The Labute approximate surface area is 185 Å². The maximum atomic E-state index is 12.8. The highest BCUT2D eigenvalue weighted by Crippen LogP contribution is 2.24. The van der Waals surface area contributed by atoms with Crippen LogP contribution in [0.4, 0.5) is 5.69 Å². The molecule has 1 saturated heterocycles. The number of anilines is 1. The minimum Gasteiger partial charge on any atom is -0.496 e. The molecule has 0 spiro atoms. The van der Waals surface area contributed by atoms with Crippen molar-refractivity contribution in [2.75, 3.05) is 45.7 Å². The zero-order valence-corrected chi connectivity index (χ0v) is 19.2. The van der Waals surface area contributed by atoms with Crippen molar-refractivity contribution < 1.29 is 17.9 Å². The van der Waals surface area contributed by atoms with Crippen LogP contribution in [0.15, 0.2) is 57.9 Å². The molecule has 1 aliphatic heterocycles. The Morgan fingerprint density at radius 2 is 1.77 bits per heavy atom. The molecule has 0 radical (unpaired) electrons. The van der Waals surface area contributed by atoms with Crippen LogP contribution in [0.1, 0.15) is 5.56 Å². The van der Waals surface area contributed by atoms with Gasteiger partial charge in [0.25, 0.3) is 0 Å². The average molecular weight is 494 g/mol. The van der Waals surface area contributed by atoms with E-state index in [0.717, 1.165) is 10.0 Å². The number of carbonyl (C=O) groups excluding carboxylic acids is 1. The largest absolute Gasteiger partial charge is 0.496 e. The van der Waals surface area contributed by atoms with Crippen molar-refractivity contribution in [3.63, 3.8) is 0 Å². The predicted octanol–water partition coefficient (Wildman–Crippen LogP) is 3.05. The fourth-order valence-electron chi connectivity index (χ4n) is 3.07. The van der Waals surface area contributed by atoms with Crippen LogP contribution < -0.4 is 10.1 Å². The van der Waals surface area contributed by atoms with Crippen LogP contribution in [0.3, 0.4) is 0 Å². The predicted molar refractivity (Wildman–Crippen MR) is 121 cm³/mol. The minimum atomic E-state index is -3.53. The Hall–Kier alpha value is -2.20. The van der Waals surface area contributed by atoms with Crippen molar-refractivity contribution >= 4 is 43.6 Å². The SMILES string of the molecule is COc1ccc(Br)cc1/C=C/C(=O)Nc1ccc(S(=O)(=O)N2CCN(C)CC2)cc1. The van der Waals surface area contributed by atoms with Gasteiger partial charge in [0.15, 0.2) is 0 Å². The molecule has 7 nitrogen and oxygen atoms in total. The Balaban J connectivity index is 1.65. The summed E-state index contributed by atoms with van der Waals surface area (Å²) in [6.45, 7) is 2.37. The number of methoxy groups -OCH3 is 1. The lowest BCUT2D eigenvalue weighted by atomic mass is 10.2. The van der Waals surface area contributed by atoms with E-state index in [-0.39, 0.29) is 10.8 Å². The van der Waals surface area contributed by atoms with E-state index in [1.807, 2.05) is 19.2 Å². The maximum absolute atomic E-state index is 12.8. The number of rotatable bonds is 6. The lowest BCUT2D eigenvalue weighted by Crippen LogP contribution is -2.46. The van der Waals surface area contributed by atoms with Gasteiger partial charge in [-0.15, -0.1) is 0 Å². The van der Waals surface area contributed by atoms with Gasteiger partial charge in [-0.1, -0.05) is 15.9 Å². The smallest absolute Gasteiger partial charge is 0.248 e. The quantitative estimate of drug-likeness (QED) is 0.625. The topological polar surface area (TPSA) is 78.9 Å². The molecule has 1 amide bonds. The number of nitrogens with one attached hydrogen (secondary N) is 1. The molecule has 9 heteroatoms. The molecule has 2 aromatic rings. The van der Waals surface area contributed by atoms with E-state index in [4.69, 9.17) is 4.74 Å². The summed E-state index contributed by atoms with van der Waals surface area (Å²) in [6, 6.07) is 11.7. The summed E-state index contributed by atoms with van der Waals surface area (Å²) < 4.78 is 33.2. The molecule has 160 valence electrons. The van der Waals surface area contributed by atoms with Crippen LogP contribution >= 0.6 is 15.9 Å².